The largest absolute Gasteiger partial charge is 0.487 e. The highest BCUT2D eigenvalue weighted by atomic mass is 32.2. The van der Waals surface area contributed by atoms with Crippen LogP contribution in [-0.2, 0) is 14.8 Å². The van der Waals surface area contributed by atoms with Crippen LogP contribution >= 0.6 is 0 Å². The zero-order chi connectivity index (χ0) is 22.8. The number of rotatable bonds is 7. The van der Waals surface area contributed by atoms with Gasteiger partial charge in [-0.2, -0.15) is 0 Å². The predicted molar refractivity (Wildman–Crippen MR) is 119 cm³/mol. The molecular formula is C23H29FN2O4S. The Morgan fingerprint density at radius 2 is 1.81 bits per heavy atom. The van der Waals surface area contributed by atoms with Crippen LogP contribution in [0.15, 0.2) is 48.5 Å². The molecule has 1 amide bonds. The molecule has 8 heteroatoms. The summed E-state index contributed by atoms with van der Waals surface area (Å²) in [7, 11) is -3.91. The summed E-state index contributed by atoms with van der Waals surface area (Å²) in [4.78, 5) is 13.2. The number of sulfonamides is 1. The molecule has 1 heterocycles. The van der Waals surface area contributed by atoms with E-state index in [0.717, 1.165) is 29.0 Å². The fourth-order valence-corrected chi connectivity index (χ4v) is 5.31. The highest BCUT2D eigenvalue weighted by molar-refractivity contribution is 7.92. The van der Waals surface area contributed by atoms with Crippen molar-refractivity contribution in [1.82, 2.24) is 5.32 Å². The number of halogens is 1. The van der Waals surface area contributed by atoms with Crippen LogP contribution in [0.2, 0.25) is 0 Å². The second kappa shape index (κ2) is 8.86. The number of hydrogen-bond acceptors (Lipinski definition) is 4. The molecule has 0 fully saturated rings. The molecular weight excluding hydrogens is 419 g/mol. The van der Waals surface area contributed by atoms with E-state index in [9.17, 15) is 17.6 Å². The Labute approximate surface area is 183 Å². The lowest BCUT2D eigenvalue weighted by Gasteiger charge is -2.42. The van der Waals surface area contributed by atoms with Crippen LogP contribution in [0, 0.1) is 5.82 Å². The van der Waals surface area contributed by atoms with Gasteiger partial charge in [0.2, 0.25) is 15.9 Å². The van der Waals surface area contributed by atoms with Crippen molar-refractivity contribution in [3.8, 4) is 5.75 Å². The minimum Gasteiger partial charge on any atom is -0.487 e. The first-order valence-electron chi connectivity index (χ1n) is 10.4. The van der Waals surface area contributed by atoms with Gasteiger partial charge in [0.25, 0.3) is 0 Å². The summed E-state index contributed by atoms with van der Waals surface area (Å²) in [6.45, 7) is 5.55. The Balaban J connectivity index is 1.93. The van der Waals surface area contributed by atoms with Crippen molar-refractivity contribution in [2.24, 2.45) is 0 Å². The van der Waals surface area contributed by atoms with Crippen molar-refractivity contribution >= 4 is 21.6 Å². The summed E-state index contributed by atoms with van der Waals surface area (Å²) in [5.74, 6) is -0.499. The second-order valence-corrected chi connectivity index (χ2v) is 9.84. The van der Waals surface area contributed by atoms with Gasteiger partial charge in [0, 0.05) is 12.0 Å². The van der Waals surface area contributed by atoms with Crippen molar-refractivity contribution in [3.63, 3.8) is 0 Å². The van der Waals surface area contributed by atoms with Crippen molar-refractivity contribution in [3.05, 3.63) is 59.9 Å². The van der Waals surface area contributed by atoms with E-state index in [2.05, 4.69) is 5.32 Å². The number of nitrogens with zero attached hydrogens (tertiary/aromatic N) is 1. The number of hydrogen-bond donors (Lipinski definition) is 1. The number of anilines is 1. The third-order valence-corrected chi connectivity index (χ3v) is 7.21. The topological polar surface area (TPSA) is 75.7 Å². The number of amides is 1. The minimum atomic E-state index is -3.91. The molecule has 0 aromatic heterocycles. The summed E-state index contributed by atoms with van der Waals surface area (Å²) in [6.07, 6.45) is 3.06. The van der Waals surface area contributed by atoms with Crippen LogP contribution in [0.3, 0.4) is 0 Å². The molecule has 0 unspecified atom stereocenters. The van der Waals surface area contributed by atoms with Gasteiger partial charge in [0.15, 0.2) is 0 Å². The first kappa shape index (κ1) is 23.1. The highest BCUT2D eigenvalue weighted by Gasteiger charge is 2.40. The first-order chi connectivity index (χ1) is 14.6. The Morgan fingerprint density at radius 3 is 2.42 bits per heavy atom. The van der Waals surface area contributed by atoms with Crippen LogP contribution < -0.4 is 14.4 Å². The maximum Gasteiger partial charge on any atom is 0.244 e. The molecule has 1 aliphatic rings. The van der Waals surface area contributed by atoms with Crippen molar-refractivity contribution in [2.45, 2.75) is 57.7 Å². The summed E-state index contributed by atoms with van der Waals surface area (Å²) >= 11 is 0. The Bertz CT molecular complexity index is 1050. The van der Waals surface area contributed by atoms with Gasteiger partial charge in [-0.25, -0.2) is 12.8 Å². The zero-order valence-corrected chi connectivity index (χ0v) is 19.1. The molecule has 0 aliphatic carbocycles. The Morgan fingerprint density at radius 1 is 1.19 bits per heavy atom. The maximum absolute atomic E-state index is 14.4. The monoisotopic (exact) mass is 448 g/mol. The Hall–Kier alpha value is -2.61. The van der Waals surface area contributed by atoms with Crippen molar-refractivity contribution in [2.75, 3.05) is 10.6 Å². The molecule has 6 nitrogen and oxygen atoms in total. The smallest absolute Gasteiger partial charge is 0.244 e. The summed E-state index contributed by atoms with van der Waals surface area (Å²) < 4.78 is 46.4. The van der Waals surface area contributed by atoms with Gasteiger partial charge in [-0.05, 0) is 38.0 Å². The van der Waals surface area contributed by atoms with Gasteiger partial charge in [0.1, 0.15) is 23.2 Å². The summed E-state index contributed by atoms with van der Waals surface area (Å²) in [5, 5.41) is 2.99. The lowest BCUT2D eigenvalue weighted by molar-refractivity contribution is -0.123. The third kappa shape index (κ3) is 4.69. The lowest BCUT2D eigenvalue weighted by atomic mass is 9.83. The Kier molecular flexibility index (Phi) is 6.59. The molecule has 0 saturated heterocycles. The summed E-state index contributed by atoms with van der Waals surface area (Å²) in [5.41, 5.74) is 0.270. The molecule has 0 radical (unpaired) electrons. The van der Waals surface area contributed by atoms with Crippen LogP contribution in [0.25, 0.3) is 0 Å². The van der Waals surface area contributed by atoms with Crippen LogP contribution in [0.1, 0.15) is 51.6 Å². The van der Waals surface area contributed by atoms with E-state index >= 15 is 0 Å². The van der Waals surface area contributed by atoms with E-state index in [0.29, 0.717) is 12.2 Å². The predicted octanol–water partition coefficient (Wildman–Crippen LogP) is 4.18. The quantitative estimate of drug-likeness (QED) is 0.690. The number of carbonyl (C=O) groups is 1. The molecule has 2 atom stereocenters. The molecule has 2 aromatic carbocycles. The standard InChI is InChI=1S/C23H29FN2O4S/c1-5-23(6-2)15-19(17-11-7-10-14-21(17)30-23)25-22(27)16(3)26(31(4,28)29)20-13-9-8-12-18(20)24/h7-14,16,19H,5-6,15H2,1-4H3,(H,25,27)/t16-,19-/m0/s1. The van der Waals surface area contributed by atoms with E-state index in [4.69, 9.17) is 4.74 Å². The highest BCUT2D eigenvalue weighted by Crippen LogP contribution is 2.42. The van der Waals surface area contributed by atoms with Crippen molar-refractivity contribution < 1.29 is 22.3 Å². The van der Waals surface area contributed by atoms with Crippen LogP contribution in [-0.4, -0.2) is 32.2 Å². The van der Waals surface area contributed by atoms with Gasteiger partial charge in [-0.15, -0.1) is 0 Å². The molecule has 3 rings (SSSR count). The minimum absolute atomic E-state index is 0.156. The van der Waals surface area contributed by atoms with Crippen LogP contribution in [0.5, 0.6) is 5.75 Å². The van der Waals surface area contributed by atoms with E-state index in [-0.39, 0.29) is 11.7 Å². The number of nitrogens with one attached hydrogen (secondary N) is 1. The fraction of sp³-hybridized carbons (Fsp3) is 0.435. The van der Waals surface area contributed by atoms with Gasteiger partial charge in [-0.3, -0.25) is 9.10 Å². The SMILES string of the molecule is CCC1(CC)C[C@H](NC(=O)[C@H](C)N(c2ccccc2F)S(C)(=O)=O)c2ccccc2O1. The third-order valence-electron chi connectivity index (χ3n) is 5.98. The number of fused-ring (bicyclic) bond motifs is 1. The molecule has 0 bridgehead atoms. The molecule has 168 valence electrons. The van der Waals surface area contributed by atoms with Crippen molar-refractivity contribution in [1.29, 1.82) is 0 Å². The number of carbonyl (C=O) groups excluding carboxylic acids is 1. The second-order valence-electron chi connectivity index (χ2n) is 7.98. The fourth-order valence-electron chi connectivity index (χ4n) is 4.13. The average Bonchev–Trinajstić information content (AvgIpc) is 2.74. The normalized spacial score (nSPS) is 18.4. The molecule has 0 saturated carbocycles. The van der Waals surface area contributed by atoms with Crippen LogP contribution in [0.4, 0.5) is 10.1 Å². The number of benzene rings is 2. The van der Waals surface area contributed by atoms with E-state index < -0.39 is 33.4 Å². The first-order valence-corrected chi connectivity index (χ1v) is 12.3. The molecule has 1 N–H and O–H groups in total. The van der Waals surface area contributed by atoms with Gasteiger partial charge in [0.05, 0.1) is 18.0 Å². The average molecular weight is 449 g/mol. The van der Waals surface area contributed by atoms with Gasteiger partial charge < -0.3 is 10.1 Å². The molecule has 1 aliphatic heterocycles. The molecule has 2 aromatic rings. The molecule has 31 heavy (non-hydrogen) atoms. The number of para-hydroxylation sites is 2. The zero-order valence-electron chi connectivity index (χ0n) is 18.3. The summed E-state index contributed by atoms with van der Waals surface area (Å²) in [6, 6.07) is 11.6. The van der Waals surface area contributed by atoms with E-state index in [1.54, 1.807) is 0 Å². The molecule has 0 spiro atoms. The maximum atomic E-state index is 14.4. The van der Waals surface area contributed by atoms with Gasteiger partial charge in [-0.1, -0.05) is 44.2 Å². The van der Waals surface area contributed by atoms with Gasteiger partial charge >= 0.3 is 0 Å². The number of ether oxygens (including phenoxy) is 1. The van der Waals surface area contributed by atoms with E-state index in [1.165, 1.54) is 31.2 Å². The lowest BCUT2D eigenvalue weighted by Crippen LogP contribution is -2.51. The van der Waals surface area contributed by atoms with E-state index in [1.807, 2.05) is 38.1 Å².